The fraction of sp³-hybridized carbons (Fsp3) is 0.429. The topological polar surface area (TPSA) is 84.2 Å². The Morgan fingerprint density at radius 3 is 2.75 bits per heavy atom. The molecule has 1 fully saturated rings. The summed E-state index contributed by atoms with van der Waals surface area (Å²) < 4.78 is 0. The van der Waals surface area contributed by atoms with Crippen molar-refractivity contribution in [3.05, 3.63) is 28.8 Å². The molecular weight excluding hydrogens is 278 g/mol. The Bertz CT molecular complexity index is 529. The van der Waals surface area contributed by atoms with Gasteiger partial charge in [-0.1, -0.05) is 11.6 Å². The summed E-state index contributed by atoms with van der Waals surface area (Å²) in [5.74, 6) is 0.0442. The second-order valence-corrected chi connectivity index (χ2v) is 5.43. The highest BCUT2D eigenvalue weighted by Crippen LogP contribution is 2.32. The molecule has 20 heavy (non-hydrogen) atoms. The van der Waals surface area contributed by atoms with Crippen LogP contribution in [0.3, 0.4) is 0 Å². The first-order chi connectivity index (χ1) is 9.51. The quantitative estimate of drug-likeness (QED) is 0.774. The molecule has 0 aromatic heterocycles. The van der Waals surface area contributed by atoms with Crippen molar-refractivity contribution in [2.75, 3.05) is 12.4 Å². The van der Waals surface area contributed by atoms with Gasteiger partial charge < -0.3 is 16.4 Å². The van der Waals surface area contributed by atoms with Crippen molar-refractivity contribution >= 4 is 29.1 Å². The van der Waals surface area contributed by atoms with Gasteiger partial charge in [-0.25, -0.2) is 0 Å². The smallest absolute Gasteiger partial charge is 0.252 e. The number of carbonyl (C=O) groups is 2. The Morgan fingerprint density at radius 1 is 1.45 bits per heavy atom. The van der Waals surface area contributed by atoms with Gasteiger partial charge in [0.2, 0.25) is 5.91 Å². The van der Waals surface area contributed by atoms with E-state index in [0.717, 1.165) is 12.8 Å². The number of rotatable bonds is 5. The molecule has 1 aromatic rings. The van der Waals surface area contributed by atoms with Crippen LogP contribution < -0.4 is 16.4 Å². The molecule has 0 saturated heterocycles. The number of halogens is 1. The second-order valence-electron chi connectivity index (χ2n) is 5.03. The van der Waals surface area contributed by atoms with E-state index in [4.69, 9.17) is 17.3 Å². The monoisotopic (exact) mass is 295 g/mol. The van der Waals surface area contributed by atoms with Crippen molar-refractivity contribution in [2.24, 2.45) is 11.7 Å². The number of hydrogen-bond acceptors (Lipinski definition) is 3. The molecule has 1 aromatic carbocycles. The lowest BCUT2D eigenvalue weighted by molar-refractivity contribution is -0.116. The van der Waals surface area contributed by atoms with Crippen LogP contribution in [0.4, 0.5) is 5.69 Å². The molecule has 5 nitrogen and oxygen atoms in total. The molecule has 0 heterocycles. The van der Waals surface area contributed by atoms with E-state index in [2.05, 4.69) is 10.6 Å². The van der Waals surface area contributed by atoms with Crippen LogP contribution in [-0.2, 0) is 4.79 Å². The van der Waals surface area contributed by atoms with Gasteiger partial charge in [-0.3, -0.25) is 9.59 Å². The lowest BCUT2D eigenvalue weighted by Crippen LogP contribution is -2.29. The number of carbonyl (C=O) groups excluding carboxylic acids is 2. The van der Waals surface area contributed by atoms with Gasteiger partial charge in [0.25, 0.3) is 5.91 Å². The first-order valence-corrected chi connectivity index (χ1v) is 6.96. The summed E-state index contributed by atoms with van der Waals surface area (Å²) in [7, 11) is 1.53. The average Bonchev–Trinajstić information content (AvgIpc) is 3.24. The van der Waals surface area contributed by atoms with Gasteiger partial charge in [-0.2, -0.15) is 0 Å². The molecule has 1 unspecified atom stereocenters. The third kappa shape index (κ3) is 3.71. The predicted molar refractivity (Wildman–Crippen MR) is 78.8 cm³/mol. The minimum Gasteiger partial charge on any atom is -0.355 e. The summed E-state index contributed by atoms with van der Waals surface area (Å²) in [5.41, 5.74) is 6.79. The molecule has 0 bridgehead atoms. The van der Waals surface area contributed by atoms with Crippen molar-refractivity contribution < 1.29 is 9.59 Å². The van der Waals surface area contributed by atoms with Crippen LogP contribution >= 0.6 is 11.6 Å². The highest BCUT2D eigenvalue weighted by Gasteiger charge is 2.29. The van der Waals surface area contributed by atoms with Crippen LogP contribution in [0.25, 0.3) is 0 Å². The van der Waals surface area contributed by atoms with Crippen LogP contribution in [0.15, 0.2) is 18.2 Å². The molecule has 1 atom stereocenters. The summed E-state index contributed by atoms with van der Waals surface area (Å²) in [5, 5.41) is 5.59. The number of nitrogens with two attached hydrogens (primary N) is 1. The summed E-state index contributed by atoms with van der Waals surface area (Å²) >= 11 is 5.95. The van der Waals surface area contributed by atoms with E-state index < -0.39 is 0 Å². The van der Waals surface area contributed by atoms with Crippen molar-refractivity contribution in [1.29, 1.82) is 0 Å². The highest BCUT2D eigenvalue weighted by atomic mass is 35.5. The van der Waals surface area contributed by atoms with Gasteiger partial charge in [-0.15, -0.1) is 0 Å². The van der Waals surface area contributed by atoms with Crippen molar-refractivity contribution in [3.8, 4) is 0 Å². The van der Waals surface area contributed by atoms with Crippen molar-refractivity contribution in [1.82, 2.24) is 5.32 Å². The lowest BCUT2D eigenvalue weighted by Gasteiger charge is -2.11. The van der Waals surface area contributed by atoms with Crippen LogP contribution in [0, 0.1) is 5.92 Å². The molecular formula is C14H18ClN3O2. The lowest BCUT2D eigenvalue weighted by atomic mass is 10.1. The first-order valence-electron chi connectivity index (χ1n) is 6.58. The van der Waals surface area contributed by atoms with E-state index in [9.17, 15) is 9.59 Å². The van der Waals surface area contributed by atoms with E-state index in [1.165, 1.54) is 7.05 Å². The summed E-state index contributed by atoms with van der Waals surface area (Å²) in [6.07, 6.45) is 2.51. The molecule has 1 aliphatic rings. The number of amides is 2. The number of benzene rings is 1. The number of hydrogen-bond donors (Lipinski definition) is 3. The Labute approximate surface area is 122 Å². The maximum Gasteiger partial charge on any atom is 0.252 e. The maximum absolute atomic E-state index is 11.9. The third-order valence-corrected chi connectivity index (χ3v) is 3.70. The predicted octanol–water partition coefficient (Wildman–Crippen LogP) is 1.77. The Hall–Kier alpha value is -1.59. The minimum absolute atomic E-state index is 0.0827. The molecule has 2 amide bonds. The summed E-state index contributed by atoms with van der Waals surface area (Å²) in [6, 6.07) is 4.72. The van der Waals surface area contributed by atoms with Gasteiger partial charge in [0.15, 0.2) is 0 Å². The average molecular weight is 296 g/mol. The normalized spacial score (nSPS) is 15.6. The standard InChI is InChI=1S/C14H18ClN3O2/c1-17-14(20)10-6-9(4-5-11(10)15)18-13(19)7-12(16)8-2-3-8/h4-6,8,12H,2-3,7,16H2,1H3,(H,17,20)(H,18,19). The molecule has 108 valence electrons. The molecule has 4 N–H and O–H groups in total. The van der Waals surface area contributed by atoms with E-state index in [1.807, 2.05) is 0 Å². The van der Waals surface area contributed by atoms with E-state index in [-0.39, 0.29) is 17.9 Å². The van der Waals surface area contributed by atoms with Gasteiger partial charge in [0.1, 0.15) is 0 Å². The van der Waals surface area contributed by atoms with E-state index in [1.54, 1.807) is 18.2 Å². The molecule has 1 aliphatic carbocycles. The van der Waals surface area contributed by atoms with E-state index in [0.29, 0.717) is 28.6 Å². The highest BCUT2D eigenvalue weighted by molar-refractivity contribution is 6.34. The molecule has 0 radical (unpaired) electrons. The summed E-state index contributed by atoms with van der Waals surface area (Å²) in [6.45, 7) is 0. The Morgan fingerprint density at radius 2 is 2.15 bits per heavy atom. The van der Waals surface area contributed by atoms with Crippen LogP contribution in [-0.4, -0.2) is 24.9 Å². The Balaban J connectivity index is 2.01. The fourth-order valence-corrected chi connectivity index (χ4v) is 2.23. The second kappa shape index (κ2) is 6.24. The maximum atomic E-state index is 11.9. The van der Waals surface area contributed by atoms with E-state index >= 15 is 0 Å². The van der Waals surface area contributed by atoms with Crippen LogP contribution in [0.1, 0.15) is 29.6 Å². The fourth-order valence-electron chi connectivity index (χ4n) is 2.03. The van der Waals surface area contributed by atoms with Crippen LogP contribution in [0.2, 0.25) is 5.02 Å². The first kappa shape index (κ1) is 14.8. The minimum atomic E-state index is -0.291. The van der Waals surface area contributed by atoms with Gasteiger partial charge in [0.05, 0.1) is 10.6 Å². The molecule has 2 rings (SSSR count). The van der Waals surface area contributed by atoms with Crippen molar-refractivity contribution in [3.63, 3.8) is 0 Å². The number of anilines is 1. The summed E-state index contributed by atoms with van der Waals surface area (Å²) in [4.78, 5) is 23.5. The molecule has 1 saturated carbocycles. The Kier molecular flexibility index (Phi) is 4.62. The van der Waals surface area contributed by atoms with Gasteiger partial charge in [-0.05, 0) is 37.0 Å². The molecule has 0 spiro atoms. The largest absolute Gasteiger partial charge is 0.355 e. The zero-order valence-electron chi connectivity index (χ0n) is 11.3. The van der Waals surface area contributed by atoms with Gasteiger partial charge in [0, 0.05) is 25.2 Å². The van der Waals surface area contributed by atoms with Crippen LogP contribution in [0.5, 0.6) is 0 Å². The SMILES string of the molecule is CNC(=O)c1cc(NC(=O)CC(N)C2CC2)ccc1Cl. The number of nitrogens with one attached hydrogen (secondary N) is 2. The van der Waals surface area contributed by atoms with Gasteiger partial charge >= 0.3 is 0 Å². The zero-order valence-corrected chi connectivity index (χ0v) is 12.0. The third-order valence-electron chi connectivity index (χ3n) is 3.37. The zero-order chi connectivity index (χ0) is 14.7. The molecule has 6 heteroatoms. The molecule has 0 aliphatic heterocycles. The van der Waals surface area contributed by atoms with Crippen molar-refractivity contribution in [2.45, 2.75) is 25.3 Å².